The van der Waals surface area contributed by atoms with Crippen LogP contribution in [0.4, 0.5) is 0 Å². The second kappa shape index (κ2) is 12.0. The zero-order chi connectivity index (χ0) is 21.9. The van der Waals surface area contributed by atoms with Crippen molar-refractivity contribution in [2.75, 3.05) is 6.61 Å². The van der Waals surface area contributed by atoms with Crippen molar-refractivity contribution in [3.8, 4) is 0 Å². The van der Waals surface area contributed by atoms with E-state index in [1.165, 1.54) is 0 Å². The van der Waals surface area contributed by atoms with Gasteiger partial charge in [-0.05, 0) is 30.2 Å². The third-order valence-corrected chi connectivity index (χ3v) is 5.08. The number of aliphatic hydroxyl groups excluding tert-OH is 1. The van der Waals surface area contributed by atoms with Gasteiger partial charge in [-0.15, -0.1) is 0 Å². The first-order valence-electron chi connectivity index (χ1n) is 10.4. The molecular formula is C26H29NO4. The van der Waals surface area contributed by atoms with E-state index in [1.807, 2.05) is 85.8 Å². The Morgan fingerprint density at radius 3 is 1.81 bits per heavy atom. The summed E-state index contributed by atoms with van der Waals surface area (Å²) in [6.45, 7) is 2.37. The fourth-order valence-electron chi connectivity index (χ4n) is 3.29. The standard InChI is InChI=1S/C26H29NO4/c1-20(30-18-21-11-5-2-6-12-21)25(27-26(29)23-15-9-4-10-16-23)24(17-28)31-19-22-13-7-3-8-14-22/h2-16,20,24-25,28H,17-19H2,1H3,(H,27,29)/t20-,24+,25+/m0/s1. The lowest BCUT2D eigenvalue weighted by molar-refractivity contribution is -0.0660. The first-order chi connectivity index (χ1) is 15.2. The Morgan fingerprint density at radius 1 is 0.806 bits per heavy atom. The molecule has 0 saturated carbocycles. The molecule has 0 unspecified atom stereocenters. The van der Waals surface area contributed by atoms with Gasteiger partial charge in [-0.25, -0.2) is 0 Å². The van der Waals surface area contributed by atoms with Crippen molar-refractivity contribution < 1.29 is 19.4 Å². The summed E-state index contributed by atoms with van der Waals surface area (Å²) in [4.78, 5) is 12.8. The summed E-state index contributed by atoms with van der Waals surface area (Å²) in [5, 5.41) is 13.1. The first-order valence-corrected chi connectivity index (χ1v) is 10.4. The molecule has 3 aromatic rings. The molecule has 0 aliphatic heterocycles. The number of nitrogens with one attached hydrogen (secondary N) is 1. The van der Waals surface area contributed by atoms with Gasteiger partial charge in [0.1, 0.15) is 6.10 Å². The van der Waals surface area contributed by atoms with E-state index in [4.69, 9.17) is 9.47 Å². The summed E-state index contributed by atoms with van der Waals surface area (Å²) in [6.07, 6.45) is -1.01. The summed E-state index contributed by atoms with van der Waals surface area (Å²) in [7, 11) is 0. The van der Waals surface area contributed by atoms with Crippen LogP contribution in [0.5, 0.6) is 0 Å². The number of amides is 1. The maximum absolute atomic E-state index is 12.8. The minimum Gasteiger partial charge on any atom is -0.394 e. The van der Waals surface area contributed by atoms with Crippen molar-refractivity contribution in [3.05, 3.63) is 108 Å². The van der Waals surface area contributed by atoms with E-state index >= 15 is 0 Å². The Hall–Kier alpha value is -2.99. The predicted molar refractivity (Wildman–Crippen MR) is 120 cm³/mol. The van der Waals surface area contributed by atoms with Gasteiger partial charge in [-0.1, -0.05) is 78.9 Å². The second-order valence-corrected chi connectivity index (χ2v) is 7.38. The van der Waals surface area contributed by atoms with Crippen molar-refractivity contribution in [2.24, 2.45) is 0 Å². The average Bonchev–Trinajstić information content (AvgIpc) is 2.84. The number of aliphatic hydroxyl groups is 1. The molecule has 3 atom stereocenters. The highest BCUT2D eigenvalue weighted by atomic mass is 16.5. The van der Waals surface area contributed by atoms with Crippen LogP contribution in [0.15, 0.2) is 91.0 Å². The van der Waals surface area contributed by atoms with E-state index < -0.39 is 12.1 Å². The minimum absolute atomic E-state index is 0.234. The van der Waals surface area contributed by atoms with Crippen LogP contribution in [-0.2, 0) is 22.7 Å². The molecule has 0 bridgehead atoms. The lowest BCUT2D eigenvalue weighted by atomic mass is 10.0. The van der Waals surface area contributed by atoms with Gasteiger partial charge >= 0.3 is 0 Å². The van der Waals surface area contributed by atoms with Gasteiger partial charge in [0.25, 0.3) is 5.91 Å². The van der Waals surface area contributed by atoms with Gasteiger partial charge in [-0.2, -0.15) is 0 Å². The van der Waals surface area contributed by atoms with Gasteiger partial charge in [0, 0.05) is 5.56 Å². The minimum atomic E-state index is -0.626. The Morgan fingerprint density at radius 2 is 1.29 bits per heavy atom. The molecule has 1 amide bonds. The quantitative estimate of drug-likeness (QED) is 0.494. The largest absolute Gasteiger partial charge is 0.394 e. The van der Waals surface area contributed by atoms with E-state index in [-0.39, 0.29) is 18.6 Å². The van der Waals surface area contributed by atoms with Gasteiger partial charge < -0.3 is 19.9 Å². The normalized spacial score (nSPS) is 13.9. The van der Waals surface area contributed by atoms with E-state index in [9.17, 15) is 9.90 Å². The molecule has 0 aromatic heterocycles. The monoisotopic (exact) mass is 419 g/mol. The van der Waals surface area contributed by atoms with Gasteiger partial charge in [-0.3, -0.25) is 4.79 Å². The van der Waals surface area contributed by atoms with Crippen LogP contribution >= 0.6 is 0 Å². The number of carbonyl (C=O) groups is 1. The fraction of sp³-hybridized carbons (Fsp3) is 0.269. The molecule has 3 aromatic carbocycles. The number of carbonyl (C=O) groups excluding carboxylic acids is 1. The molecule has 0 aliphatic rings. The van der Waals surface area contributed by atoms with E-state index in [0.717, 1.165) is 11.1 Å². The van der Waals surface area contributed by atoms with Gasteiger partial charge in [0.2, 0.25) is 0 Å². The van der Waals surface area contributed by atoms with Crippen LogP contribution in [0.25, 0.3) is 0 Å². The molecule has 5 nitrogen and oxygen atoms in total. The SMILES string of the molecule is C[C@H](OCc1ccccc1)[C@@H](NC(=O)c1ccccc1)[C@@H](CO)OCc1ccccc1. The van der Waals surface area contributed by atoms with Crippen molar-refractivity contribution in [3.63, 3.8) is 0 Å². The van der Waals surface area contributed by atoms with Crippen molar-refractivity contribution in [2.45, 2.75) is 38.4 Å². The number of rotatable bonds is 11. The van der Waals surface area contributed by atoms with Gasteiger partial charge in [0.05, 0.1) is 32.0 Å². The molecule has 5 heteroatoms. The molecule has 0 saturated heterocycles. The number of ether oxygens (including phenoxy) is 2. The highest BCUT2D eigenvalue weighted by Gasteiger charge is 2.30. The third kappa shape index (κ3) is 7.03. The molecule has 0 fully saturated rings. The summed E-state index contributed by atoms with van der Waals surface area (Å²) in [6, 6.07) is 28.0. The highest BCUT2D eigenvalue weighted by Crippen LogP contribution is 2.14. The van der Waals surface area contributed by atoms with Crippen LogP contribution < -0.4 is 5.32 Å². The molecule has 2 N–H and O–H groups in total. The zero-order valence-corrected chi connectivity index (χ0v) is 17.7. The fourth-order valence-corrected chi connectivity index (χ4v) is 3.29. The van der Waals surface area contributed by atoms with Crippen LogP contribution in [0, 0.1) is 0 Å². The first kappa shape index (κ1) is 22.7. The van der Waals surface area contributed by atoms with E-state index in [0.29, 0.717) is 18.8 Å². The van der Waals surface area contributed by atoms with Crippen LogP contribution in [0.1, 0.15) is 28.4 Å². The van der Waals surface area contributed by atoms with Gasteiger partial charge in [0.15, 0.2) is 0 Å². The molecule has 0 aliphatic carbocycles. The van der Waals surface area contributed by atoms with Crippen LogP contribution in [0.2, 0.25) is 0 Å². The molecule has 0 heterocycles. The smallest absolute Gasteiger partial charge is 0.251 e. The maximum Gasteiger partial charge on any atom is 0.251 e. The Bertz CT molecular complexity index is 902. The number of benzene rings is 3. The van der Waals surface area contributed by atoms with Crippen LogP contribution in [0.3, 0.4) is 0 Å². The average molecular weight is 420 g/mol. The second-order valence-electron chi connectivity index (χ2n) is 7.38. The Labute approximate surface area is 183 Å². The van der Waals surface area contributed by atoms with Crippen LogP contribution in [-0.4, -0.2) is 35.9 Å². The van der Waals surface area contributed by atoms with E-state index in [2.05, 4.69) is 5.32 Å². The molecule has 0 radical (unpaired) electrons. The summed E-state index contributed by atoms with van der Waals surface area (Å²) in [5.41, 5.74) is 2.57. The van der Waals surface area contributed by atoms with Crippen molar-refractivity contribution >= 4 is 5.91 Å². The lowest BCUT2D eigenvalue weighted by Crippen LogP contribution is -2.53. The number of hydrogen-bond donors (Lipinski definition) is 2. The summed E-state index contributed by atoms with van der Waals surface area (Å²) in [5.74, 6) is -0.234. The van der Waals surface area contributed by atoms with Crippen molar-refractivity contribution in [1.82, 2.24) is 5.32 Å². The maximum atomic E-state index is 12.8. The molecule has 162 valence electrons. The molecule has 0 spiro atoms. The van der Waals surface area contributed by atoms with E-state index in [1.54, 1.807) is 12.1 Å². The Kier molecular flexibility index (Phi) is 8.79. The molecule has 3 rings (SSSR count). The molecule has 31 heavy (non-hydrogen) atoms. The zero-order valence-electron chi connectivity index (χ0n) is 17.7. The third-order valence-electron chi connectivity index (χ3n) is 5.08. The highest BCUT2D eigenvalue weighted by molar-refractivity contribution is 5.94. The Balaban J connectivity index is 1.71. The molecular weight excluding hydrogens is 390 g/mol. The lowest BCUT2D eigenvalue weighted by Gasteiger charge is -2.31. The predicted octanol–water partition coefficient (Wildman–Crippen LogP) is 3.97. The topological polar surface area (TPSA) is 67.8 Å². The number of hydrogen-bond acceptors (Lipinski definition) is 4. The summed E-state index contributed by atoms with van der Waals surface area (Å²) >= 11 is 0. The van der Waals surface area contributed by atoms with Crippen molar-refractivity contribution in [1.29, 1.82) is 0 Å². The summed E-state index contributed by atoms with van der Waals surface area (Å²) < 4.78 is 12.1.